The topological polar surface area (TPSA) is 270 Å². The number of carbonyl (C=O) groups is 12. The van der Waals surface area contributed by atoms with Crippen molar-refractivity contribution < 1.29 is 75.1 Å². The zero-order valence-electron chi connectivity index (χ0n) is 59.1. The molecular weight excluding hydrogens is 1260 g/mol. The molecule has 3 saturated carbocycles. The van der Waals surface area contributed by atoms with Gasteiger partial charge in [0.25, 0.3) is 0 Å². The van der Waals surface area contributed by atoms with Crippen LogP contribution in [0.15, 0.2) is 0 Å². The molecular formula is C69H110F4N12O12. The first kappa shape index (κ1) is 77.7. The van der Waals surface area contributed by atoms with Crippen LogP contribution in [0, 0.1) is 29.6 Å². The van der Waals surface area contributed by atoms with Crippen molar-refractivity contribution in [3.63, 3.8) is 0 Å². The van der Waals surface area contributed by atoms with Crippen molar-refractivity contribution in [3.8, 4) is 0 Å². The quantitative estimate of drug-likeness (QED) is 0.263. The van der Waals surface area contributed by atoms with Gasteiger partial charge in [-0.1, -0.05) is 79.1 Å². The van der Waals surface area contributed by atoms with E-state index in [1.165, 1.54) is 66.8 Å². The van der Waals surface area contributed by atoms with Gasteiger partial charge in [0.2, 0.25) is 70.9 Å². The summed E-state index contributed by atoms with van der Waals surface area (Å²) in [6, 6.07) is -8.61. The minimum Gasteiger partial charge on any atom is -0.343 e. The number of likely N-dealkylation sites (tertiary alicyclic amines) is 1. The van der Waals surface area contributed by atoms with Gasteiger partial charge in [-0.3, -0.25) is 57.5 Å². The van der Waals surface area contributed by atoms with E-state index >= 15 is 18.8 Å². The largest absolute Gasteiger partial charge is 0.394 e. The highest BCUT2D eigenvalue weighted by molar-refractivity contribution is 6.00. The van der Waals surface area contributed by atoms with Gasteiger partial charge in [0.05, 0.1) is 32.0 Å². The van der Waals surface area contributed by atoms with Crippen molar-refractivity contribution >= 4 is 70.9 Å². The first-order valence-electron chi connectivity index (χ1n) is 35.8. The number of hydrogen-bond acceptors (Lipinski definition) is 12. The van der Waals surface area contributed by atoms with E-state index in [1.54, 1.807) is 25.7 Å². The Balaban J connectivity index is 1.25. The van der Waals surface area contributed by atoms with Crippen molar-refractivity contribution in [2.75, 3.05) is 88.1 Å². The molecule has 0 aromatic heterocycles. The summed E-state index contributed by atoms with van der Waals surface area (Å²) in [4.78, 5) is 189. The van der Waals surface area contributed by atoms with Crippen molar-refractivity contribution in [3.05, 3.63) is 0 Å². The fraction of sp³-hybridized carbons (Fsp3) is 0.826. The van der Waals surface area contributed by atoms with Gasteiger partial charge in [-0.15, -0.1) is 0 Å². The number of nitrogens with one attached hydrogen (secondary N) is 3. The summed E-state index contributed by atoms with van der Waals surface area (Å²) in [6.07, 6.45) is 1.81. The monoisotopic (exact) mass is 1370 g/mol. The zero-order chi connectivity index (χ0) is 71.4. The standard InChI is InChI=1S/C69H110F4N12O12/c1-11-44(4)58-65(95)79(7)41-56(88)77(5)42-57(89)80(8)52(38-45-23-14-12-15-24-45)63(93)78(6)40-54(86)74-49(30-28-46-27-29-47(48(70)37-46)69(71,72)73)62(92)85-36-22-26-51(85)61(91)76-68(31-17-18-32-68)67(97)82(10)59(43(2)3)66(96)81(9)53(64(94)83-33-19-13-20-34-83)39-55(87)84-35-21-16-25-50(84)60(90)75-58/h43-53,58-59H,11-42H2,1-10H3,(H,74,86)(H,75,90)(H,76,91)/t44-,46?,47?,48?,49-,50-,51-,52-,53-,58-,59-/m0/s1. The van der Waals surface area contributed by atoms with Gasteiger partial charge < -0.3 is 60.0 Å². The van der Waals surface area contributed by atoms with Crippen molar-refractivity contribution in [1.29, 1.82) is 0 Å². The van der Waals surface area contributed by atoms with Crippen LogP contribution in [0.3, 0.4) is 0 Å². The normalized spacial score (nSPS) is 30.2. The number of piperidine rings is 2. The molecule has 4 heterocycles. The molecule has 546 valence electrons. The summed E-state index contributed by atoms with van der Waals surface area (Å²) in [5, 5.41) is 8.69. The minimum atomic E-state index is -4.75. The highest BCUT2D eigenvalue weighted by Crippen LogP contribution is 2.43. The molecule has 0 aromatic rings. The molecule has 3 unspecified atom stereocenters. The second-order valence-electron chi connectivity index (χ2n) is 29.5. The molecule has 0 radical (unpaired) electrons. The van der Waals surface area contributed by atoms with E-state index in [9.17, 15) is 56.3 Å². The lowest BCUT2D eigenvalue weighted by Crippen LogP contribution is -2.65. The van der Waals surface area contributed by atoms with Crippen LogP contribution in [0.2, 0.25) is 0 Å². The Morgan fingerprint density at radius 3 is 1.78 bits per heavy atom. The maximum atomic E-state index is 15.4. The third-order valence-electron chi connectivity index (χ3n) is 22.3. The fourth-order valence-corrected chi connectivity index (χ4v) is 16.0. The molecule has 7 aliphatic rings. The lowest BCUT2D eigenvalue weighted by Gasteiger charge is -2.42. The fourth-order valence-electron chi connectivity index (χ4n) is 16.0. The van der Waals surface area contributed by atoms with Gasteiger partial charge in [0, 0.05) is 68.5 Å². The lowest BCUT2D eigenvalue weighted by molar-refractivity contribution is -0.201. The number of fused-ring (bicyclic) bond motifs is 2. The van der Waals surface area contributed by atoms with Gasteiger partial charge in [-0.2, -0.15) is 13.2 Å². The number of rotatable bonds is 9. The number of amides is 12. The highest BCUT2D eigenvalue weighted by atomic mass is 19.4. The molecule has 97 heavy (non-hydrogen) atoms. The lowest BCUT2D eigenvalue weighted by atomic mass is 9.78. The van der Waals surface area contributed by atoms with Crippen molar-refractivity contribution in [2.24, 2.45) is 29.6 Å². The number of hydrogen-bond donors (Lipinski definition) is 3. The van der Waals surface area contributed by atoms with Gasteiger partial charge in [-0.25, -0.2) is 4.39 Å². The van der Waals surface area contributed by atoms with Crippen LogP contribution >= 0.6 is 0 Å². The SMILES string of the molecule is CC[C@H](C)[C@@H]1NC(=O)[C@@H]2CCCCN2C(=O)C[C@@H](C(=O)N2CCCCC2)N(C)C(=O)[C@H](C(C)C)N(C)C(=O)C2(CCCC2)NC(=O)[C@@H]2CCCN2C(=O)[C@H](CCC2CCC(C(F)(F)F)C(F)C2)NC(=O)CN(C)C(=O)[C@H](CC2CCCCC2)N(C)C(=O)CN(C)C(=O)CN(C)C1=O. The number of alkyl halides is 4. The summed E-state index contributed by atoms with van der Waals surface area (Å²) in [5.41, 5.74) is -1.58. The maximum absolute atomic E-state index is 15.4. The molecule has 7 fully saturated rings. The molecule has 12 amide bonds. The number of nitrogens with zero attached hydrogens (tertiary/aromatic N) is 9. The number of carbonyl (C=O) groups excluding carboxylic acids is 12. The molecule has 1 spiro atoms. The molecule has 28 heteroatoms. The van der Waals surface area contributed by atoms with Crippen LogP contribution in [0.25, 0.3) is 0 Å². The van der Waals surface area contributed by atoms with Crippen LogP contribution < -0.4 is 16.0 Å². The zero-order valence-corrected chi connectivity index (χ0v) is 59.1. The van der Waals surface area contributed by atoms with Crippen molar-refractivity contribution in [2.45, 2.75) is 248 Å². The van der Waals surface area contributed by atoms with Crippen LogP contribution in [-0.2, 0) is 57.5 Å². The predicted octanol–water partition coefficient (Wildman–Crippen LogP) is 4.80. The second-order valence-corrected chi connectivity index (χ2v) is 29.5. The molecule has 24 nitrogen and oxygen atoms in total. The van der Waals surface area contributed by atoms with E-state index in [0.29, 0.717) is 64.5 Å². The predicted molar refractivity (Wildman–Crippen MR) is 351 cm³/mol. The molecule has 11 atom stereocenters. The Bertz CT molecular complexity index is 2830. The Morgan fingerprint density at radius 2 is 1.15 bits per heavy atom. The smallest absolute Gasteiger partial charge is 0.343 e. The summed E-state index contributed by atoms with van der Waals surface area (Å²) in [6.45, 7) is 6.32. The number of halogens is 4. The van der Waals surface area contributed by atoms with Gasteiger partial charge >= 0.3 is 6.18 Å². The van der Waals surface area contributed by atoms with Crippen molar-refractivity contribution in [1.82, 2.24) is 60.0 Å². The minimum absolute atomic E-state index is 0.000635. The molecule has 3 N–H and O–H groups in total. The average molecular weight is 1380 g/mol. The summed E-state index contributed by atoms with van der Waals surface area (Å²) in [5.74, 6) is -11.5. The van der Waals surface area contributed by atoms with E-state index in [-0.39, 0.29) is 70.4 Å². The third kappa shape index (κ3) is 19.2. The Morgan fingerprint density at radius 1 is 0.567 bits per heavy atom. The van der Waals surface area contributed by atoms with E-state index in [1.807, 2.05) is 6.92 Å². The summed E-state index contributed by atoms with van der Waals surface area (Å²) >= 11 is 0. The summed E-state index contributed by atoms with van der Waals surface area (Å²) < 4.78 is 56.7. The van der Waals surface area contributed by atoms with E-state index in [2.05, 4.69) is 16.0 Å². The first-order valence-corrected chi connectivity index (χ1v) is 35.8. The van der Waals surface area contributed by atoms with Crippen LogP contribution in [-0.4, -0.2) is 263 Å². The van der Waals surface area contributed by atoms with Gasteiger partial charge in [-0.05, 0) is 126 Å². The van der Waals surface area contributed by atoms with Crippen LogP contribution in [0.5, 0.6) is 0 Å². The molecule has 7 rings (SSSR count). The molecule has 4 aliphatic heterocycles. The van der Waals surface area contributed by atoms with Crippen LogP contribution in [0.4, 0.5) is 17.6 Å². The first-order chi connectivity index (χ1) is 45.8. The van der Waals surface area contributed by atoms with E-state index in [0.717, 1.165) is 53.2 Å². The van der Waals surface area contributed by atoms with E-state index < -0.39 is 194 Å². The van der Waals surface area contributed by atoms with Gasteiger partial charge in [0.15, 0.2) is 0 Å². The number of likely N-dealkylation sites (N-methyl/N-ethyl adjacent to an activating group) is 6. The molecule has 0 aromatic carbocycles. The third-order valence-corrected chi connectivity index (χ3v) is 22.3. The van der Waals surface area contributed by atoms with Gasteiger partial charge in [0.1, 0.15) is 54.0 Å². The summed E-state index contributed by atoms with van der Waals surface area (Å²) in [7, 11) is 8.45. The Labute approximate surface area is 570 Å². The molecule has 0 bridgehead atoms. The molecule has 3 aliphatic carbocycles. The van der Waals surface area contributed by atoms with Crippen LogP contribution in [0.1, 0.15) is 188 Å². The second kappa shape index (κ2) is 34.4. The highest BCUT2D eigenvalue weighted by Gasteiger charge is 2.52. The Hall–Kier alpha value is -6.64. The maximum Gasteiger partial charge on any atom is 0.394 e. The average Bonchev–Trinajstić information content (AvgIpc) is 1.76. The molecule has 4 saturated heterocycles. The van der Waals surface area contributed by atoms with E-state index in [4.69, 9.17) is 0 Å². The Kier molecular flexibility index (Phi) is 27.6.